The molecule has 0 aliphatic heterocycles. The summed E-state index contributed by atoms with van der Waals surface area (Å²) in [7, 11) is 0. The number of benzene rings is 2. The molecule has 0 atom stereocenters. The Morgan fingerprint density at radius 2 is 1.84 bits per heavy atom. The topological polar surface area (TPSA) is 38.3 Å². The smallest absolute Gasteiger partial charge is 0.265 e. The molecule has 0 saturated heterocycles. The van der Waals surface area contributed by atoms with Gasteiger partial charge in [0, 0.05) is 11.3 Å². The molecule has 2 aromatic carbocycles. The van der Waals surface area contributed by atoms with E-state index in [0.29, 0.717) is 11.5 Å². The summed E-state index contributed by atoms with van der Waals surface area (Å²) in [6, 6.07) is 15.6. The molecule has 1 amide bonds. The molecule has 0 spiro atoms. The SMILES string of the molecule is Cc1cc(C)c(C)c(OCc2csc(C(=O)Nc3ccccc3)c2)c1. The van der Waals surface area contributed by atoms with Gasteiger partial charge in [0.1, 0.15) is 12.4 Å². The minimum atomic E-state index is -0.0926. The van der Waals surface area contributed by atoms with E-state index in [1.807, 2.05) is 41.8 Å². The van der Waals surface area contributed by atoms with Crippen molar-refractivity contribution in [2.75, 3.05) is 5.32 Å². The van der Waals surface area contributed by atoms with Crippen LogP contribution in [0.25, 0.3) is 0 Å². The van der Waals surface area contributed by atoms with E-state index in [4.69, 9.17) is 4.74 Å². The van der Waals surface area contributed by atoms with Gasteiger partial charge in [0.2, 0.25) is 0 Å². The van der Waals surface area contributed by atoms with E-state index in [1.165, 1.54) is 22.5 Å². The van der Waals surface area contributed by atoms with Gasteiger partial charge in [-0.05, 0) is 67.1 Å². The minimum Gasteiger partial charge on any atom is -0.489 e. The molecule has 3 nitrogen and oxygen atoms in total. The molecule has 0 bridgehead atoms. The summed E-state index contributed by atoms with van der Waals surface area (Å²) >= 11 is 1.43. The first-order valence-corrected chi connectivity index (χ1v) is 9.05. The van der Waals surface area contributed by atoms with Crippen LogP contribution in [0.5, 0.6) is 5.75 Å². The first kappa shape index (κ1) is 17.2. The monoisotopic (exact) mass is 351 g/mol. The molecular formula is C21H21NO2S. The maximum absolute atomic E-state index is 12.3. The zero-order valence-electron chi connectivity index (χ0n) is 14.6. The lowest BCUT2D eigenvalue weighted by Crippen LogP contribution is -2.09. The van der Waals surface area contributed by atoms with Crippen molar-refractivity contribution >= 4 is 22.9 Å². The van der Waals surface area contributed by atoms with Crippen LogP contribution in [-0.4, -0.2) is 5.91 Å². The van der Waals surface area contributed by atoms with Crippen LogP contribution in [0, 0.1) is 20.8 Å². The number of hydrogen-bond donors (Lipinski definition) is 1. The number of carbonyl (C=O) groups excluding carboxylic acids is 1. The maximum atomic E-state index is 12.3. The summed E-state index contributed by atoms with van der Waals surface area (Å²) in [6.07, 6.45) is 0. The molecule has 1 aromatic heterocycles. The lowest BCUT2D eigenvalue weighted by Gasteiger charge is -2.11. The highest BCUT2D eigenvalue weighted by atomic mass is 32.1. The molecule has 0 fully saturated rings. The van der Waals surface area contributed by atoms with Gasteiger partial charge in [-0.2, -0.15) is 0 Å². The highest BCUT2D eigenvalue weighted by Crippen LogP contribution is 2.25. The van der Waals surface area contributed by atoms with Crippen molar-refractivity contribution in [3.05, 3.63) is 81.0 Å². The highest BCUT2D eigenvalue weighted by molar-refractivity contribution is 7.12. The summed E-state index contributed by atoms with van der Waals surface area (Å²) in [4.78, 5) is 13.0. The number of nitrogens with one attached hydrogen (secondary N) is 1. The van der Waals surface area contributed by atoms with Crippen molar-refractivity contribution in [1.29, 1.82) is 0 Å². The van der Waals surface area contributed by atoms with Crippen molar-refractivity contribution in [1.82, 2.24) is 0 Å². The fraction of sp³-hybridized carbons (Fsp3) is 0.190. The number of anilines is 1. The van der Waals surface area contributed by atoms with Gasteiger partial charge < -0.3 is 10.1 Å². The summed E-state index contributed by atoms with van der Waals surface area (Å²) < 4.78 is 5.97. The molecular weight excluding hydrogens is 330 g/mol. The Bertz CT molecular complexity index is 884. The van der Waals surface area contributed by atoms with E-state index in [2.05, 4.69) is 38.2 Å². The number of aryl methyl sites for hydroxylation is 2. The van der Waals surface area contributed by atoms with E-state index >= 15 is 0 Å². The van der Waals surface area contributed by atoms with Crippen molar-refractivity contribution in [3.63, 3.8) is 0 Å². The predicted molar refractivity (Wildman–Crippen MR) is 104 cm³/mol. The van der Waals surface area contributed by atoms with Crippen LogP contribution in [-0.2, 0) is 6.61 Å². The summed E-state index contributed by atoms with van der Waals surface area (Å²) in [5.41, 5.74) is 5.36. The molecule has 1 heterocycles. The number of hydrogen-bond acceptors (Lipinski definition) is 3. The molecule has 3 aromatic rings. The second-order valence-electron chi connectivity index (χ2n) is 6.13. The average Bonchev–Trinajstić information content (AvgIpc) is 3.07. The van der Waals surface area contributed by atoms with Crippen LogP contribution < -0.4 is 10.1 Å². The molecule has 0 unspecified atom stereocenters. The van der Waals surface area contributed by atoms with Gasteiger partial charge in [-0.3, -0.25) is 4.79 Å². The second kappa shape index (κ2) is 7.53. The van der Waals surface area contributed by atoms with Gasteiger partial charge in [0.05, 0.1) is 4.88 Å². The van der Waals surface area contributed by atoms with E-state index < -0.39 is 0 Å². The molecule has 0 radical (unpaired) electrons. The highest BCUT2D eigenvalue weighted by Gasteiger charge is 2.11. The van der Waals surface area contributed by atoms with Gasteiger partial charge >= 0.3 is 0 Å². The molecule has 0 aliphatic rings. The lowest BCUT2D eigenvalue weighted by atomic mass is 10.1. The molecule has 25 heavy (non-hydrogen) atoms. The zero-order chi connectivity index (χ0) is 17.8. The molecule has 3 rings (SSSR count). The Morgan fingerprint density at radius 3 is 2.60 bits per heavy atom. The fourth-order valence-electron chi connectivity index (χ4n) is 2.60. The average molecular weight is 351 g/mol. The number of thiophene rings is 1. The van der Waals surface area contributed by atoms with Crippen LogP contribution >= 0.6 is 11.3 Å². The zero-order valence-corrected chi connectivity index (χ0v) is 15.4. The first-order chi connectivity index (χ1) is 12.0. The summed E-state index contributed by atoms with van der Waals surface area (Å²) in [5, 5.41) is 4.87. The number of carbonyl (C=O) groups is 1. The van der Waals surface area contributed by atoms with Crippen LogP contribution in [0.15, 0.2) is 53.9 Å². The molecule has 0 saturated carbocycles. The fourth-order valence-corrected chi connectivity index (χ4v) is 3.39. The van der Waals surface area contributed by atoms with Crippen molar-refractivity contribution in [2.45, 2.75) is 27.4 Å². The van der Waals surface area contributed by atoms with Crippen molar-refractivity contribution in [2.24, 2.45) is 0 Å². The Kier molecular flexibility index (Phi) is 5.19. The van der Waals surface area contributed by atoms with Crippen LogP contribution in [0.3, 0.4) is 0 Å². The Labute approximate surface area is 152 Å². The van der Waals surface area contributed by atoms with Gasteiger partial charge in [0.25, 0.3) is 5.91 Å². The molecule has 4 heteroatoms. The second-order valence-corrected chi connectivity index (χ2v) is 7.04. The van der Waals surface area contributed by atoms with Gasteiger partial charge in [0.15, 0.2) is 0 Å². The predicted octanol–water partition coefficient (Wildman–Crippen LogP) is 5.50. The summed E-state index contributed by atoms with van der Waals surface area (Å²) in [5.74, 6) is 0.809. The largest absolute Gasteiger partial charge is 0.489 e. The number of amides is 1. The third-order valence-corrected chi connectivity index (χ3v) is 5.05. The van der Waals surface area contributed by atoms with Gasteiger partial charge in [-0.1, -0.05) is 24.3 Å². The summed E-state index contributed by atoms with van der Waals surface area (Å²) in [6.45, 7) is 6.68. The molecule has 128 valence electrons. The maximum Gasteiger partial charge on any atom is 0.265 e. The number of para-hydroxylation sites is 1. The minimum absolute atomic E-state index is 0.0926. The third kappa shape index (κ3) is 4.28. The number of ether oxygens (including phenoxy) is 1. The van der Waals surface area contributed by atoms with Crippen LogP contribution in [0.1, 0.15) is 31.9 Å². The van der Waals surface area contributed by atoms with Crippen molar-refractivity contribution in [3.8, 4) is 5.75 Å². The van der Waals surface area contributed by atoms with Gasteiger partial charge in [-0.15, -0.1) is 11.3 Å². The first-order valence-electron chi connectivity index (χ1n) is 8.17. The van der Waals surface area contributed by atoms with Crippen LogP contribution in [0.2, 0.25) is 0 Å². The Balaban J connectivity index is 1.65. The van der Waals surface area contributed by atoms with E-state index in [9.17, 15) is 4.79 Å². The lowest BCUT2D eigenvalue weighted by molar-refractivity contribution is 0.103. The molecule has 1 N–H and O–H groups in total. The Hall–Kier alpha value is -2.59. The Morgan fingerprint density at radius 1 is 1.08 bits per heavy atom. The number of rotatable bonds is 5. The quantitative estimate of drug-likeness (QED) is 0.659. The normalized spacial score (nSPS) is 10.5. The van der Waals surface area contributed by atoms with E-state index in [0.717, 1.165) is 22.6 Å². The van der Waals surface area contributed by atoms with E-state index in [1.54, 1.807) is 0 Å². The van der Waals surface area contributed by atoms with E-state index in [-0.39, 0.29) is 5.91 Å². The molecule has 0 aliphatic carbocycles. The van der Waals surface area contributed by atoms with Gasteiger partial charge in [-0.25, -0.2) is 0 Å². The standard InChI is InChI=1S/C21H21NO2S/c1-14-9-15(2)16(3)19(10-14)24-12-17-11-20(25-13-17)21(23)22-18-7-5-4-6-8-18/h4-11,13H,12H2,1-3H3,(H,22,23). The third-order valence-electron chi connectivity index (χ3n) is 4.07. The van der Waals surface area contributed by atoms with Crippen LogP contribution in [0.4, 0.5) is 5.69 Å². The van der Waals surface area contributed by atoms with Crippen molar-refractivity contribution < 1.29 is 9.53 Å².